The molecular weight excluding hydrogens is 1190 g/mol. The zero-order valence-electron chi connectivity index (χ0n) is 51.1. The first-order valence-electron chi connectivity index (χ1n) is 32.1. The van der Waals surface area contributed by atoms with Crippen LogP contribution in [0.5, 0.6) is 0 Å². The van der Waals surface area contributed by atoms with Gasteiger partial charge in [-0.3, -0.25) is 0 Å². The van der Waals surface area contributed by atoms with Crippen LogP contribution in [0.25, 0.3) is 176 Å². The standard InChI is InChI=1S/C86H50F3N7/c87-86(88,89)54-19-17-18-52(44-54)67-50-85(96-82-42-38-57(93-76-32-13-5-24-63(76)64-25-6-14-33-77(64)93)48-70(82)71-49-58(39-43-83(71)96)94-78-34-15-7-26-65(78)66-27-8-16-35-79(66)94)84(45-53(67)51-90)95-80-40-36-55(91-72-28-9-1-20-59(72)60-21-2-10-29-73(60)91)46-68(80)69-47-56(37-41-81(69)95)92-74-30-11-3-22-61(74)62-23-4-12-31-75(62)92/h1-50H. The molecule has 14 aromatic carbocycles. The highest BCUT2D eigenvalue weighted by atomic mass is 19.4. The van der Waals surface area contributed by atoms with E-state index in [9.17, 15) is 18.4 Å². The van der Waals surface area contributed by atoms with Gasteiger partial charge < -0.3 is 27.4 Å². The Morgan fingerprint density at radius 3 is 0.771 bits per heavy atom. The van der Waals surface area contributed by atoms with Gasteiger partial charge in [0.1, 0.15) is 0 Å². The number of halogens is 3. The third-order valence-corrected chi connectivity index (χ3v) is 20.0. The SMILES string of the molecule is N#Cc1cc(-n2c3ccc(-n4c5ccccc5c5ccccc54)cc3c3cc(-n4c5ccccc5c5ccccc54)ccc32)c(-n2c3ccc(-n4c5ccccc5c5ccccc54)cc3c3cc(-n4c5ccccc5c5ccccc54)ccc32)cc1-c1cccc(C(F)(F)F)c1. The van der Waals surface area contributed by atoms with Crippen LogP contribution >= 0.6 is 0 Å². The Morgan fingerprint density at radius 2 is 0.500 bits per heavy atom. The Morgan fingerprint density at radius 1 is 0.240 bits per heavy atom. The fourth-order valence-corrected chi connectivity index (χ4v) is 16.0. The molecule has 6 heterocycles. The smallest absolute Gasteiger partial charge is 0.309 e. The summed E-state index contributed by atoms with van der Waals surface area (Å²) in [5.41, 5.74) is 17.3. The van der Waals surface area contributed by atoms with E-state index in [0.29, 0.717) is 16.9 Å². The molecule has 20 aromatic rings. The minimum absolute atomic E-state index is 0.218. The van der Waals surface area contributed by atoms with Crippen LogP contribution in [0.3, 0.4) is 0 Å². The molecule has 0 fully saturated rings. The molecule has 6 aromatic heterocycles. The lowest BCUT2D eigenvalue weighted by molar-refractivity contribution is -0.137. The number of hydrogen-bond acceptors (Lipinski definition) is 1. The summed E-state index contributed by atoms with van der Waals surface area (Å²) in [5.74, 6) is 0. The lowest BCUT2D eigenvalue weighted by Crippen LogP contribution is -2.07. The van der Waals surface area contributed by atoms with Gasteiger partial charge in [0, 0.05) is 92.9 Å². The first kappa shape index (κ1) is 53.8. The molecule has 0 unspecified atom stereocenters. The van der Waals surface area contributed by atoms with Gasteiger partial charge in [-0.05, 0) is 151 Å². The molecule has 96 heavy (non-hydrogen) atoms. The van der Waals surface area contributed by atoms with Crippen LogP contribution in [-0.4, -0.2) is 27.4 Å². The first-order valence-corrected chi connectivity index (χ1v) is 32.1. The second-order valence-electron chi connectivity index (χ2n) is 25.0. The molecule has 0 saturated heterocycles. The molecule has 0 aliphatic heterocycles. The average Bonchev–Trinajstić information content (AvgIpc) is 1.54. The number of nitrogens with zero attached hydrogens (tertiary/aromatic N) is 7. The highest BCUT2D eigenvalue weighted by Gasteiger charge is 2.32. The predicted molar refractivity (Wildman–Crippen MR) is 388 cm³/mol. The summed E-state index contributed by atoms with van der Waals surface area (Å²) >= 11 is 0. The number of benzene rings is 14. The minimum atomic E-state index is -4.64. The quantitative estimate of drug-likeness (QED) is 0.157. The van der Waals surface area contributed by atoms with Gasteiger partial charge in [-0.1, -0.05) is 158 Å². The minimum Gasteiger partial charge on any atom is -0.309 e. The molecule has 0 spiro atoms. The Labute approximate surface area is 545 Å². The van der Waals surface area contributed by atoms with E-state index < -0.39 is 11.7 Å². The van der Waals surface area contributed by atoms with Crippen LogP contribution in [-0.2, 0) is 6.18 Å². The summed E-state index contributed by atoms with van der Waals surface area (Å²) in [6.45, 7) is 0. The normalized spacial score (nSPS) is 12.3. The topological polar surface area (TPSA) is 53.4 Å². The summed E-state index contributed by atoms with van der Waals surface area (Å²) in [4.78, 5) is 0. The van der Waals surface area contributed by atoms with E-state index in [2.05, 4.69) is 300 Å². The van der Waals surface area contributed by atoms with Crippen molar-refractivity contribution in [2.45, 2.75) is 6.18 Å². The van der Waals surface area contributed by atoms with Gasteiger partial charge in [0.2, 0.25) is 0 Å². The summed E-state index contributed by atoms with van der Waals surface area (Å²) in [6, 6.07) is 106. The van der Waals surface area contributed by atoms with Crippen molar-refractivity contribution in [2.75, 3.05) is 0 Å². The van der Waals surface area contributed by atoms with E-state index in [-0.39, 0.29) is 11.1 Å². The molecule has 20 rings (SSSR count). The zero-order chi connectivity index (χ0) is 63.7. The average molecular weight is 1240 g/mol. The van der Waals surface area contributed by atoms with Crippen LogP contribution in [0.2, 0.25) is 0 Å². The van der Waals surface area contributed by atoms with Crippen LogP contribution in [0.15, 0.2) is 303 Å². The van der Waals surface area contributed by atoms with Crippen molar-refractivity contribution in [1.82, 2.24) is 27.4 Å². The van der Waals surface area contributed by atoms with Gasteiger partial charge in [0.05, 0.1) is 94.8 Å². The van der Waals surface area contributed by atoms with Crippen molar-refractivity contribution in [3.05, 3.63) is 314 Å². The van der Waals surface area contributed by atoms with Crippen molar-refractivity contribution in [1.29, 1.82) is 5.26 Å². The monoisotopic (exact) mass is 1240 g/mol. The zero-order valence-corrected chi connectivity index (χ0v) is 51.1. The molecule has 0 atom stereocenters. The van der Waals surface area contributed by atoms with E-state index in [1.54, 1.807) is 6.07 Å². The van der Waals surface area contributed by atoms with Crippen molar-refractivity contribution < 1.29 is 13.2 Å². The van der Waals surface area contributed by atoms with Crippen molar-refractivity contribution in [2.24, 2.45) is 0 Å². The fourth-order valence-electron chi connectivity index (χ4n) is 16.0. The van der Waals surface area contributed by atoms with E-state index in [1.165, 1.54) is 6.07 Å². The number of hydrogen-bond donors (Lipinski definition) is 0. The molecule has 450 valence electrons. The van der Waals surface area contributed by atoms with Gasteiger partial charge in [-0.2, -0.15) is 18.4 Å². The third kappa shape index (κ3) is 7.65. The molecule has 0 N–H and O–H groups in total. The van der Waals surface area contributed by atoms with Crippen LogP contribution in [0, 0.1) is 11.3 Å². The molecule has 0 aliphatic carbocycles. The summed E-state index contributed by atoms with van der Waals surface area (Å²) in [5, 5.41) is 24.6. The summed E-state index contributed by atoms with van der Waals surface area (Å²) in [7, 11) is 0. The van der Waals surface area contributed by atoms with Crippen LogP contribution in [0.4, 0.5) is 13.2 Å². The predicted octanol–water partition coefficient (Wildman–Crippen LogP) is 22.8. The van der Waals surface area contributed by atoms with Crippen molar-refractivity contribution in [3.63, 3.8) is 0 Å². The maximum atomic E-state index is 14.9. The van der Waals surface area contributed by atoms with Gasteiger partial charge >= 0.3 is 6.18 Å². The highest BCUT2D eigenvalue weighted by Crippen LogP contribution is 2.46. The fraction of sp³-hybridized carbons (Fsp3) is 0.0116. The molecule has 0 saturated carbocycles. The lowest BCUT2D eigenvalue weighted by atomic mass is 9.96. The highest BCUT2D eigenvalue weighted by molar-refractivity contribution is 6.17. The Bertz CT molecular complexity index is 6240. The number of nitriles is 1. The van der Waals surface area contributed by atoms with Crippen LogP contribution < -0.4 is 0 Å². The van der Waals surface area contributed by atoms with Crippen LogP contribution in [0.1, 0.15) is 11.1 Å². The van der Waals surface area contributed by atoms with Gasteiger partial charge in [0.15, 0.2) is 0 Å². The third-order valence-electron chi connectivity index (χ3n) is 20.0. The maximum Gasteiger partial charge on any atom is 0.416 e. The molecule has 0 bridgehead atoms. The second kappa shape index (κ2) is 20.1. The second-order valence-corrected chi connectivity index (χ2v) is 25.0. The summed E-state index contributed by atoms with van der Waals surface area (Å²) in [6.07, 6.45) is -4.64. The molecule has 10 heteroatoms. The molecule has 7 nitrogen and oxygen atoms in total. The largest absolute Gasteiger partial charge is 0.416 e. The number of fused-ring (bicyclic) bond motifs is 18. The van der Waals surface area contributed by atoms with Gasteiger partial charge in [-0.15, -0.1) is 0 Å². The molecule has 0 amide bonds. The van der Waals surface area contributed by atoms with Gasteiger partial charge in [-0.25, -0.2) is 0 Å². The van der Waals surface area contributed by atoms with E-state index in [4.69, 9.17) is 0 Å². The Hall–Kier alpha value is -12.8. The van der Waals surface area contributed by atoms with E-state index >= 15 is 0 Å². The summed E-state index contributed by atoms with van der Waals surface area (Å²) < 4.78 is 58.7. The van der Waals surface area contributed by atoms with Gasteiger partial charge in [0.25, 0.3) is 0 Å². The first-order chi connectivity index (χ1) is 47.2. The molecule has 0 aliphatic rings. The molecular formula is C86H50F3N7. The Kier molecular flexibility index (Phi) is 11.3. The number of para-hydroxylation sites is 8. The maximum absolute atomic E-state index is 14.9. The van der Waals surface area contributed by atoms with E-state index in [1.807, 2.05) is 12.1 Å². The number of alkyl halides is 3. The number of rotatable bonds is 7. The van der Waals surface area contributed by atoms with E-state index in [0.717, 1.165) is 166 Å². The van der Waals surface area contributed by atoms with Crippen molar-refractivity contribution in [3.8, 4) is 51.3 Å². The van der Waals surface area contributed by atoms with Crippen molar-refractivity contribution >= 4 is 131 Å². The Balaban J connectivity index is 0.919. The lowest BCUT2D eigenvalue weighted by Gasteiger charge is -2.20. The number of aromatic nitrogens is 6. The molecule has 0 radical (unpaired) electrons.